The smallest absolute Gasteiger partial charge is 0.191 e. The molecule has 184 valence electrons. The number of aromatic nitrogens is 3. The van der Waals surface area contributed by atoms with Crippen LogP contribution < -0.4 is 9.47 Å². The Morgan fingerprint density at radius 2 is 1.71 bits per heavy atom. The van der Waals surface area contributed by atoms with Crippen molar-refractivity contribution < 1.29 is 19.0 Å². The van der Waals surface area contributed by atoms with Gasteiger partial charge in [-0.3, -0.25) is 4.79 Å². The minimum atomic E-state index is -0.0746. The van der Waals surface area contributed by atoms with Crippen LogP contribution in [0.3, 0.4) is 0 Å². The minimum Gasteiger partial charge on any atom is -0.493 e. The fourth-order valence-electron chi connectivity index (χ4n) is 6.89. The number of thioether (sulfide) groups is 1. The Morgan fingerprint density at radius 3 is 2.32 bits per heavy atom. The molecule has 0 amide bonds. The topological polar surface area (TPSA) is 75.5 Å². The van der Waals surface area contributed by atoms with Gasteiger partial charge in [0.1, 0.15) is 5.78 Å². The van der Waals surface area contributed by atoms with Crippen molar-refractivity contribution in [3.8, 4) is 22.9 Å². The first-order valence-electron chi connectivity index (χ1n) is 12.4. The van der Waals surface area contributed by atoms with E-state index in [0.29, 0.717) is 29.6 Å². The molecule has 7 nitrogen and oxygen atoms in total. The van der Waals surface area contributed by atoms with E-state index in [0.717, 1.165) is 66.5 Å². The van der Waals surface area contributed by atoms with Crippen molar-refractivity contribution in [1.29, 1.82) is 0 Å². The van der Waals surface area contributed by atoms with E-state index in [9.17, 15) is 4.79 Å². The lowest BCUT2D eigenvalue weighted by molar-refractivity contribution is -0.141. The van der Waals surface area contributed by atoms with Crippen molar-refractivity contribution in [1.82, 2.24) is 14.8 Å². The first-order valence-corrected chi connectivity index (χ1v) is 13.3. The third kappa shape index (κ3) is 4.47. The lowest BCUT2D eigenvalue weighted by atomic mass is 9.48. The van der Waals surface area contributed by atoms with Gasteiger partial charge < -0.3 is 18.8 Å². The van der Waals surface area contributed by atoms with E-state index < -0.39 is 0 Å². The second-order valence-electron chi connectivity index (χ2n) is 10.3. The Labute approximate surface area is 205 Å². The van der Waals surface area contributed by atoms with Crippen LogP contribution in [-0.2, 0) is 16.1 Å². The highest BCUT2D eigenvalue weighted by atomic mass is 32.2. The molecular formula is C26H35N3O4S. The molecule has 4 fully saturated rings. The molecule has 0 spiro atoms. The number of hydrogen-bond donors (Lipinski definition) is 0. The van der Waals surface area contributed by atoms with Crippen LogP contribution in [0.2, 0.25) is 0 Å². The van der Waals surface area contributed by atoms with Crippen molar-refractivity contribution >= 4 is 17.5 Å². The van der Waals surface area contributed by atoms with Gasteiger partial charge in [-0.1, -0.05) is 11.8 Å². The zero-order chi connectivity index (χ0) is 23.7. The molecule has 0 radical (unpaired) electrons. The number of rotatable bonds is 11. The summed E-state index contributed by atoms with van der Waals surface area (Å²) >= 11 is 1.54. The molecular weight excluding hydrogens is 450 g/mol. The Kier molecular flexibility index (Phi) is 6.89. The molecule has 1 aromatic heterocycles. The maximum Gasteiger partial charge on any atom is 0.191 e. The Bertz CT molecular complexity index is 1000. The highest BCUT2D eigenvalue weighted by molar-refractivity contribution is 7.99. The van der Waals surface area contributed by atoms with E-state index in [1.165, 1.54) is 31.0 Å². The lowest BCUT2D eigenvalue weighted by Crippen LogP contribution is -2.50. The Morgan fingerprint density at radius 1 is 1.03 bits per heavy atom. The van der Waals surface area contributed by atoms with E-state index in [4.69, 9.17) is 14.2 Å². The molecule has 0 atom stereocenters. The van der Waals surface area contributed by atoms with Gasteiger partial charge in [-0.25, -0.2) is 0 Å². The van der Waals surface area contributed by atoms with Gasteiger partial charge in [0.15, 0.2) is 22.5 Å². The molecule has 4 bridgehead atoms. The maximum atomic E-state index is 13.5. The number of carbonyl (C=O) groups excluding carboxylic acids is 1. The summed E-state index contributed by atoms with van der Waals surface area (Å²) in [6.07, 6.45) is 8.21. The fourth-order valence-corrected chi connectivity index (χ4v) is 7.89. The summed E-state index contributed by atoms with van der Waals surface area (Å²) in [5.41, 5.74) is 0.830. The molecule has 34 heavy (non-hydrogen) atoms. The van der Waals surface area contributed by atoms with Crippen LogP contribution >= 0.6 is 11.8 Å². The van der Waals surface area contributed by atoms with Crippen molar-refractivity contribution in [2.24, 2.45) is 23.2 Å². The van der Waals surface area contributed by atoms with Gasteiger partial charge in [-0.2, -0.15) is 0 Å². The molecule has 0 unspecified atom stereocenters. The van der Waals surface area contributed by atoms with Crippen LogP contribution in [0.15, 0.2) is 23.4 Å². The summed E-state index contributed by atoms with van der Waals surface area (Å²) < 4.78 is 18.3. The average Bonchev–Trinajstić information content (AvgIpc) is 3.24. The van der Waals surface area contributed by atoms with Crippen LogP contribution in [-0.4, -0.2) is 54.2 Å². The molecule has 4 aliphatic rings. The monoisotopic (exact) mass is 485 g/mol. The number of nitrogens with zero attached hydrogens (tertiary/aromatic N) is 3. The molecule has 1 heterocycles. The highest BCUT2D eigenvalue weighted by Gasteiger charge is 2.54. The molecule has 0 saturated heterocycles. The molecule has 0 N–H and O–H groups in total. The average molecular weight is 486 g/mol. The van der Waals surface area contributed by atoms with Gasteiger partial charge in [0.2, 0.25) is 0 Å². The quantitative estimate of drug-likeness (QED) is 0.332. The van der Waals surface area contributed by atoms with Gasteiger partial charge in [-0.05, 0) is 80.9 Å². The predicted molar refractivity (Wildman–Crippen MR) is 131 cm³/mol. The van der Waals surface area contributed by atoms with Crippen molar-refractivity contribution in [2.45, 2.75) is 56.6 Å². The van der Waals surface area contributed by atoms with Crippen LogP contribution in [0, 0.1) is 23.2 Å². The number of carbonyl (C=O) groups is 1. The van der Waals surface area contributed by atoms with Crippen LogP contribution in [0.25, 0.3) is 11.4 Å². The third-order valence-electron chi connectivity index (χ3n) is 8.05. The number of methoxy groups -OCH3 is 3. The Balaban J connectivity index is 1.35. The van der Waals surface area contributed by atoms with Gasteiger partial charge in [0, 0.05) is 31.2 Å². The van der Waals surface area contributed by atoms with Crippen LogP contribution in [0.1, 0.15) is 44.9 Å². The summed E-state index contributed by atoms with van der Waals surface area (Å²) in [6.45, 7) is 1.37. The fraction of sp³-hybridized carbons (Fsp3) is 0.654. The summed E-state index contributed by atoms with van der Waals surface area (Å²) in [5, 5.41) is 9.80. The number of Topliss-reactive ketones (excluding diaryl/α,β-unsaturated/α-hetero) is 1. The summed E-state index contributed by atoms with van der Waals surface area (Å²) in [5.74, 6) is 5.31. The van der Waals surface area contributed by atoms with Gasteiger partial charge >= 0.3 is 0 Å². The zero-order valence-corrected chi connectivity index (χ0v) is 21.2. The number of ether oxygens (including phenoxy) is 3. The lowest BCUT2D eigenvalue weighted by Gasteiger charge is -2.56. The Hall–Kier alpha value is -2.06. The normalized spacial score (nSPS) is 27.2. The van der Waals surface area contributed by atoms with E-state index in [1.54, 1.807) is 21.3 Å². The second kappa shape index (κ2) is 9.90. The summed E-state index contributed by atoms with van der Waals surface area (Å²) in [7, 11) is 4.96. The SMILES string of the molecule is COCCCn1c(SCC(=O)C23CC4CC(CC(C4)C2)C3)nnc1-c1ccc(OC)c(OC)c1. The zero-order valence-electron chi connectivity index (χ0n) is 20.4. The number of hydrogen-bond acceptors (Lipinski definition) is 7. The highest BCUT2D eigenvalue weighted by Crippen LogP contribution is 2.60. The molecule has 8 heteroatoms. The third-order valence-corrected chi connectivity index (χ3v) is 9.02. The van der Waals surface area contributed by atoms with Gasteiger partial charge in [0.05, 0.1) is 20.0 Å². The number of ketones is 1. The maximum absolute atomic E-state index is 13.5. The van der Waals surface area contributed by atoms with E-state index in [-0.39, 0.29) is 5.41 Å². The molecule has 4 saturated carbocycles. The van der Waals surface area contributed by atoms with Gasteiger partial charge in [-0.15, -0.1) is 10.2 Å². The molecule has 6 rings (SSSR count). The number of benzene rings is 1. The van der Waals surface area contributed by atoms with Crippen LogP contribution in [0.5, 0.6) is 11.5 Å². The molecule has 1 aromatic carbocycles. The predicted octanol–water partition coefficient (Wildman–Crippen LogP) is 4.88. The van der Waals surface area contributed by atoms with Crippen molar-refractivity contribution in [3.63, 3.8) is 0 Å². The van der Waals surface area contributed by atoms with E-state index in [2.05, 4.69) is 14.8 Å². The van der Waals surface area contributed by atoms with Gasteiger partial charge in [0.25, 0.3) is 0 Å². The summed E-state index contributed by atoms with van der Waals surface area (Å²) in [4.78, 5) is 13.5. The van der Waals surface area contributed by atoms with Crippen molar-refractivity contribution in [3.05, 3.63) is 18.2 Å². The molecule has 4 aliphatic carbocycles. The minimum absolute atomic E-state index is 0.0746. The molecule has 2 aromatic rings. The summed E-state index contributed by atoms with van der Waals surface area (Å²) in [6, 6.07) is 5.77. The largest absolute Gasteiger partial charge is 0.493 e. The van der Waals surface area contributed by atoms with E-state index >= 15 is 0 Å². The van der Waals surface area contributed by atoms with E-state index in [1.807, 2.05) is 18.2 Å². The standard InChI is InChI=1S/C26H35N3O4S/c1-31-8-4-7-29-24(20-5-6-21(32-2)22(12-20)33-3)27-28-25(29)34-16-23(30)26-13-17-9-18(14-26)11-19(10-17)15-26/h5-6,12,17-19H,4,7-11,13-16H2,1-3H3. The molecule has 0 aliphatic heterocycles. The first-order chi connectivity index (χ1) is 16.5. The first kappa shape index (κ1) is 23.7. The second-order valence-corrected chi connectivity index (χ2v) is 11.2. The van der Waals surface area contributed by atoms with Crippen molar-refractivity contribution in [2.75, 3.05) is 33.7 Å². The van der Waals surface area contributed by atoms with Crippen LogP contribution in [0.4, 0.5) is 0 Å².